The second kappa shape index (κ2) is 5.20. The fourth-order valence-electron chi connectivity index (χ4n) is 2.15. The Morgan fingerprint density at radius 2 is 2.10 bits per heavy atom. The molecular weight excluding hydrogens is 361 g/mol. The van der Waals surface area contributed by atoms with Crippen molar-refractivity contribution in [1.29, 1.82) is 0 Å². The fourth-order valence-corrected chi connectivity index (χ4v) is 2.63. The van der Waals surface area contributed by atoms with E-state index in [2.05, 4.69) is 20.9 Å². The van der Waals surface area contributed by atoms with Gasteiger partial charge in [-0.05, 0) is 34.1 Å². The number of fused-ring (bicyclic) bond motifs is 1. The molecule has 0 radical (unpaired) electrons. The summed E-state index contributed by atoms with van der Waals surface area (Å²) in [6.45, 7) is 0. The van der Waals surface area contributed by atoms with Gasteiger partial charge in [-0.25, -0.2) is 9.37 Å². The standard InChI is InChI=1S/C14H10BrClFN3O/c1-21-13-6-12-11(5-10(13)17)19-14(18)20(12)7-2-3-9(16)8(15)4-7/h2-6H,1H3,(H2,18,19). The van der Waals surface area contributed by atoms with Gasteiger partial charge in [-0.2, -0.15) is 0 Å². The summed E-state index contributed by atoms with van der Waals surface area (Å²) in [6, 6.07) is 8.23. The number of nitrogen functional groups attached to an aromatic ring is 1. The molecule has 21 heavy (non-hydrogen) atoms. The molecule has 3 rings (SSSR count). The van der Waals surface area contributed by atoms with Gasteiger partial charge < -0.3 is 10.5 Å². The monoisotopic (exact) mass is 369 g/mol. The first kappa shape index (κ1) is 14.2. The Bertz CT molecular complexity index is 850. The van der Waals surface area contributed by atoms with Crippen LogP contribution >= 0.6 is 27.5 Å². The second-order valence-corrected chi connectivity index (χ2v) is 5.64. The van der Waals surface area contributed by atoms with Gasteiger partial charge in [0.05, 0.1) is 28.9 Å². The van der Waals surface area contributed by atoms with E-state index >= 15 is 0 Å². The van der Waals surface area contributed by atoms with Crippen LogP contribution in [0.2, 0.25) is 5.02 Å². The van der Waals surface area contributed by atoms with Crippen LogP contribution in [-0.2, 0) is 0 Å². The number of anilines is 1. The van der Waals surface area contributed by atoms with E-state index in [1.54, 1.807) is 22.8 Å². The van der Waals surface area contributed by atoms with Crippen LogP contribution in [0.4, 0.5) is 10.3 Å². The van der Waals surface area contributed by atoms with Crippen molar-refractivity contribution < 1.29 is 9.13 Å². The van der Waals surface area contributed by atoms with E-state index in [0.29, 0.717) is 16.1 Å². The molecule has 0 bridgehead atoms. The molecule has 0 saturated carbocycles. The van der Waals surface area contributed by atoms with E-state index in [0.717, 1.165) is 10.2 Å². The molecule has 1 aromatic heterocycles. The molecular formula is C14H10BrClFN3O. The van der Waals surface area contributed by atoms with Crippen molar-refractivity contribution in [2.24, 2.45) is 0 Å². The van der Waals surface area contributed by atoms with Crippen LogP contribution in [0.5, 0.6) is 5.75 Å². The van der Waals surface area contributed by atoms with Gasteiger partial charge in [0, 0.05) is 16.6 Å². The number of ether oxygens (including phenoxy) is 1. The van der Waals surface area contributed by atoms with Gasteiger partial charge in [0.2, 0.25) is 5.95 Å². The molecule has 0 spiro atoms. The largest absolute Gasteiger partial charge is 0.494 e. The summed E-state index contributed by atoms with van der Waals surface area (Å²) in [7, 11) is 1.41. The van der Waals surface area contributed by atoms with Crippen molar-refractivity contribution in [3.8, 4) is 11.4 Å². The molecule has 0 aliphatic heterocycles. The predicted octanol–water partition coefficient (Wildman–Crippen LogP) is 4.17. The lowest BCUT2D eigenvalue weighted by Gasteiger charge is -2.09. The molecule has 0 unspecified atom stereocenters. The fraction of sp³-hybridized carbons (Fsp3) is 0.0714. The molecule has 7 heteroatoms. The lowest BCUT2D eigenvalue weighted by molar-refractivity contribution is 0.387. The number of nitrogens with zero attached hydrogens (tertiary/aromatic N) is 2. The number of imidazole rings is 1. The molecule has 3 aromatic rings. The Kier molecular flexibility index (Phi) is 3.51. The van der Waals surface area contributed by atoms with E-state index in [1.807, 2.05) is 6.07 Å². The van der Waals surface area contributed by atoms with Crippen LogP contribution in [0, 0.1) is 5.82 Å². The number of hydrogen-bond donors (Lipinski definition) is 1. The summed E-state index contributed by atoms with van der Waals surface area (Å²) in [5.74, 6) is -0.0875. The summed E-state index contributed by atoms with van der Waals surface area (Å²) in [6.07, 6.45) is 0. The van der Waals surface area contributed by atoms with Gasteiger partial charge in [0.25, 0.3) is 0 Å². The van der Waals surface area contributed by atoms with Gasteiger partial charge in [0.1, 0.15) is 0 Å². The van der Waals surface area contributed by atoms with Crippen molar-refractivity contribution in [2.45, 2.75) is 0 Å². The smallest absolute Gasteiger partial charge is 0.205 e. The maximum atomic E-state index is 13.7. The SMILES string of the molecule is COc1cc2c(cc1F)nc(N)n2-c1ccc(Cl)c(Br)c1. The topological polar surface area (TPSA) is 53.1 Å². The Morgan fingerprint density at radius 3 is 2.76 bits per heavy atom. The third kappa shape index (κ3) is 2.34. The van der Waals surface area contributed by atoms with Crippen molar-refractivity contribution in [1.82, 2.24) is 9.55 Å². The number of methoxy groups -OCH3 is 1. The molecule has 2 aromatic carbocycles. The molecule has 1 heterocycles. The number of nitrogens with two attached hydrogens (primary N) is 1. The van der Waals surface area contributed by atoms with Gasteiger partial charge >= 0.3 is 0 Å². The molecule has 0 fully saturated rings. The van der Waals surface area contributed by atoms with Crippen LogP contribution in [0.15, 0.2) is 34.8 Å². The maximum absolute atomic E-state index is 13.7. The average molecular weight is 371 g/mol. The highest BCUT2D eigenvalue weighted by Crippen LogP contribution is 2.31. The zero-order valence-corrected chi connectivity index (χ0v) is 13.2. The minimum atomic E-state index is -0.480. The van der Waals surface area contributed by atoms with Crippen molar-refractivity contribution >= 4 is 44.5 Å². The minimum Gasteiger partial charge on any atom is -0.494 e. The normalized spacial score (nSPS) is 11.0. The summed E-state index contributed by atoms with van der Waals surface area (Å²) < 4.78 is 21.2. The van der Waals surface area contributed by atoms with Gasteiger partial charge in [-0.15, -0.1) is 0 Å². The van der Waals surface area contributed by atoms with Crippen LogP contribution < -0.4 is 10.5 Å². The predicted molar refractivity (Wildman–Crippen MR) is 84.7 cm³/mol. The Labute approximate surface area is 133 Å². The zero-order chi connectivity index (χ0) is 15.1. The molecule has 108 valence electrons. The van der Waals surface area contributed by atoms with Crippen molar-refractivity contribution in [2.75, 3.05) is 12.8 Å². The third-order valence-electron chi connectivity index (χ3n) is 3.12. The molecule has 0 atom stereocenters. The zero-order valence-electron chi connectivity index (χ0n) is 10.9. The third-order valence-corrected chi connectivity index (χ3v) is 4.33. The highest BCUT2D eigenvalue weighted by atomic mass is 79.9. The number of rotatable bonds is 2. The Morgan fingerprint density at radius 1 is 1.33 bits per heavy atom. The molecule has 0 aliphatic rings. The van der Waals surface area contributed by atoms with Crippen LogP contribution in [0.3, 0.4) is 0 Å². The van der Waals surface area contributed by atoms with Gasteiger partial charge in [-0.3, -0.25) is 4.57 Å². The molecule has 2 N–H and O–H groups in total. The molecule has 0 aliphatic carbocycles. The Balaban J connectivity index is 2.30. The van der Waals surface area contributed by atoms with Crippen LogP contribution in [-0.4, -0.2) is 16.7 Å². The van der Waals surface area contributed by atoms with Gasteiger partial charge in [-0.1, -0.05) is 11.6 Å². The lowest BCUT2D eigenvalue weighted by Crippen LogP contribution is -2.00. The first-order valence-electron chi connectivity index (χ1n) is 5.98. The quantitative estimate of drug-likeness (QED) is 0.736. The average Bonchev–Trinajstić information content (AvgIpc) is 2.76. The molecule has 0 amide bonds. The number of halogens is 3. The summed E-state index contributed by atoms with van der Waals surface area (Å²) in [4.78, 5) is 4.17. The summed E-state index contributed by atoms with van der Waals surface area (Å²) >= 11 is 9.36. The van der Waals surface area contributed by atoms with Gasteiger partial charge in [0.15, 0.2) is 11.6 Å². The Hall–Kier alpha value is -1.79. The maximum Gasteiger partial charge on any atom is 0.205 e. The molecule has 0 saturated heterocycles. The summed E-state index contributed by atoms with van der Waals surface area (Å²) in [5.41, 5.74) is 7.83. The van der Waals surface area contributed by atoms with E-state index < -0.39 is 5.82 Å². The highest BCUT2D eigenvalue weighted by Gasteiger charge is 2.15. The summed E-state index contributed by atoms with van der Waals surface area (Å²) in [5, 5.41) is 0.588. The molecule has 4 nitrogen and oxygen atoms in total. The van der Waals surface area contributed by atoms with Crippen LogP contribution in [0.1, 0.15) is 0 Å². The first-order chi connectivity index (χ1) is 10.0. The van der Waals surface area contributed by atoms with E-state index in [-0.39, 0.29) is 11.7 Å². The number of aromatic nitrogens is 2. The van der Waals surface area contributed by atoms with E-state index in [9.17, 15) is 4.39 Å². The number of benzene rings is 2. The van der Waals surface area contributed by atoms with Crippen molar-refractivity contribution in [3.05, 3.63) is 45.6 Å². The van der Waals surface area contributed by atoms with E-state index in [1.165, 1.54) is 13.2 Å². The first-order valence-corrected chi connectivity index (χ1v) is 7.15. The lowest BCUT2D eigenvalue weighted by atomic mass is 10.2. The van der Waals surface area contributed by atoms with Crippen molar-refractivity contribution in [3.63, 3.8) is 0 Å². The van der Waals surface area contributed by atoms with E-state index in [4.69, 9.17) is 22.1 Å². The minimum absolute atomic E-state index is 0.136. The second-order valence-electron chi connectivity index (χ2n) is 4.38. The highest BCUT2D eigenvalue weighted by molar-refractivity contribution is 9.10. The van der Waals surface area contributed by atoms with Crippen LogP contribution in [0.25, 0.3) is 16.7 Å². The number of hydrogen-bond acceptors (Lipinski definition) is 3.